The van der Waals surface area contributed by atoms with Gasteiger partial charge >= 0.3 is 0 Å². The lowest BCUT2D eigenvalue weighted by Gasteiger charge is -2.08. The molecule has 0 radical (unpaired) electrons. The van der Waals surface area contributed by atoms with E-state index in [9.17, 15) is 10.1 Å². The molecule has 1 heterocycles. The average molecular weight is 312 g/mol. The van der Waals surface area contributed by atoms with Gasteiger partial charge < -0.3 is 4.74 Å². The predicted molar refractivity (Wildman–Crippen MR) is 68.5 cm³/mol. The molecule has 2 rings (SSSR count). The smallest absolute Gasteiger partial charge is 0.273 e. The zero-order chi connectivity index (χ0) is 13.0. The maximum absolute atomic E-state index is 10.6. The summed E-state index contributed by atoms with van der Waals surface area (Å²) < 4.78 is 7.90. The van der Waals surface area contributed by atoms with E-state index < -0.39 is 4.92 Å². The first-order chi connectivity index (χ1) is 8.66. The quantitative estimate of drug-likeness (QED) is 0.628. The Bertz CT molecular complexity index is 542. The van der Waals surface area contributed by atoms with Crippen LogP contribution in [-0.4, -0.2) is 21.3 Å². The van der Waals surface area contributed by atoms with Crippen LogP contribution in [0.4, 0.5) is 5.69 Å². The van der Waals surface area contributed by atoms with Gasteiger partial charge in [0.2, 0.25) is 0 Å². The Kier molecular flexibility index (Phi) is 3.93. The Hall–Kier alpha value is -1.89. The summed E-state index contributed by atoms with van der Waals surface area (Å²) in [4.78, 5) is 10.2. The van der Waals surface area contributed by atoms with Crippen molar-refractivity contribution in [3.8, 4) is 5.75 Å². The van der Waals surface area contributed by atoms with E-state index in [1.165, 1.54) is 12.1 Å². The van der Waals surface area contributed by atoms with Crippen molar-refractivity contribution >= 4 is 21.6 Å². The fraction of sp³-hybridized carbons (Fsp3) is 0.182. The fourth-order valence-corrected chi connectivity index (χ4v) is 1.76. The van der Waals surface area contributed by atoms with Crippen LogP contribution in [-0.2, 0) is 6.54 Å². The summed E-state index contributed by atoms with van der Waals surface area (Å²) in [6.07, 6.45) is 3.51. The number of benzene rings is 1. The second-order valence-corrected chi connectivity index (χ2v) is 4.34. The Balaban J connectivity index is 2.00. The normalized spacial score (nSPS) is 10.3. The highest BCUT2D eigenvalue weighted by molar-refractivity contribution is 9.10. The summed E-state index contributed by atoms with van der Waals surface area (Å²) in [5, 5.41) is 14.7. The lowest BCUT2D eigenvalue weighted by Crippen LogP contribution is -2.08. The lowest BCUT2D eigenvalue weighted by atomic mass is 10.3. The van der Waals surface area contributed by atoms with E-state index in [4.69, 9.17) is 4.74 Å². The van der Waals surface area contributed by atoms with E-state index in [-0.39, 0.29) is 5.69 Å². The van der Waals surface area contributed by atoms with E-state index in [2.05, 4.69) is 21.0 Å². The molecule has 0 spiro atoms. The van der Waals surface area contributed by atoms with Gasteiger partial charge in [0, 0.05) is 18.5 Å². The number of halogens is 1. The molecule has 1 aromatic heterocycles. The molecular weight excluding hydrogens is 302 g/mol. The van der Waals surface area contributed by atoms with Gasteiger partial charge in [0.15, 0.2) is 0 Å². The minimum absolute atomic E-state index is 0.00675. The summed E-state index contributed by atoms with van der Waals surface area (Å²) in [6, 6.07) is 6.24. The molecule has 1 aromatic carbocycles. The number of aromatic nitrogens is 2. The highest BCUT2D eigenvalue weighted by atomic mass is 79.9. The molecule has 0 amide bonds. The summed E-state index contributed by atoms with van der Waals surface area (Å²) >= 11 is 3.29. The number of nitrogens with zero attached hydrogens (tertiary/aromatic N) is 3. The molecule has 7 heteroatoms. The second-order valence-electron chi connectivity index (χ2n) is 3.49. The summed E-state index contributed by atoms with van der Waals surface area (Å²) in [7, 11) is 0. The van der Waals surface area contributed by atoms with Gasteiger partial charge in [0.25, 0.3) is 5.69 Å². The zero-order valence-corrected chi connectivity index (χ0v) is 10.9. The minimum Gasteiger partial charge on any atom is -0.490 e. The lowest BCUT2D eigenvalue weighted by molar-refractivity contribution is -0.385. The van der Waals surface area contributed by atoms with Crippen LogP contribution in [0.15, 0.2) is 41.1 Å². The van der Waals surface area contributed by atoms with Gasteiger partial charge in [0.05, 0.1) is 22.0 Å². The summed E-state index contributed by atoms with van der Waals surface area (Å²) in [5.41, 5.74) is 0.00675. The van der Waals surface area contributed by atoms with Crippen LogP contribution in [0.25, 0.3) is 0 Å². The first-order valence-electron chi connectivity index (χ1n) is 5.21. The summed E-state index contributed by atoms with van der Waals surface area (Å²) in [5.74, 6) is 0.455. The maximum Gasteiger partial charge on any atom is 0.273 e. The fourth-order valence-electron chi connectivity index (χ4n) is 1.40. The predicted octanol–water partition coefficient (Wildman–Crippen LogP) is 2.63. The van der Waals surface area contributed by atoms with Crippen molar-refractivity contribution in [2.45, 2.75) is 6.54 Å². The van der Waals surface area contributed by atoms with Crippen molar-refractivity contribution in [3.05, 3.63) is 51.2 Å². The zero-order valence-electron chi connectivity index (χ0n) is 9.32. The Labute approximate surface area is 111 Å². The first-order valence-corrected chi connectivity index (χ1v) is 6.00. The number of rotatable bonds is 5. The molecule has 6 nitrogen and oxygen atoms in total. The molecule has 0 saturated carbocycles. The molecule has 0 aliphatic rings. The summed E-state index contributed by atoms with van der Waals surface area (Å²) in [6.45, 7) is 0.976. The van der Waals surface area contributed by atoms with Crippen LogP contribution in [0.3, 0.4) is 0 Å². The van der Waals surface area contributed by atoms with Gasteiger partial charge in [-0.05, 0) is 28.1 Å². The molecule has 0 aliphatic carbocycles. The SMILES string of the molecule is O=[N+]([O-])c1ccc(Br)c(OCCn2cccn2)c1. The van der Waals surface area contributed by atoms with E-state index in [0.29, 0.717) is 23.4 Å². The first kappa shape index (κ1) is 12.6. The number of nitro benzene ring substituents is 1. The standard InChI is InChI=1S/C11H10BrN3O3/c12-10-3-2-9(15(16)17)8-11(10)18-7-6-14-5-1-4-13-14/h1-5,8H,6-7H2. The Morgan fingerprint density at radius 1 is 1.50 bits per heavy atom. The van der Waals surface area contributed by atoms with Crippen LogP contribution in [0.5, 0.6) is 5.75 Å². The Morgan fingerprint density at radius 3 is 3.00 bits per heavy atom. The van der Waals surface area contributed by atoms with E-state index in [0.717, 1.165) is 0 Å². The monoisotopic (exact) mass is 311 g/mol. The largest absolute Gasteiger partial charge is 0.490 e. The van der Waals surface area contributed by atoms with Gasteiger partial charge in [-0.25, -0.2) is 0 Å². The van der Waals surface area contributed by atoms with Gasteiger partial charge in [0.1, 0.15) is 12.4 Å². The van der Waals surface area contributed by atoms with Crippen molar-refractivity contribution in [2.24, 2.45) is 0 Å². The molecular formula is C11H10BrN3O3. The second kappa shape index (κ2) is 5.63. The van der Waals surface area contributed by atoms with Crippen molar-refractivity contribution in [1.82, 2.24) is 9.78 Å². The average Bonchev–Trinajstić information content (AvgIpc) is 2.84. The number of non-ortho nitro benzene ring substituents is 1. The molecule has 0 saturated heterocycles. The number of ether oxygens (including phenoxy) is 1. The van der Waals surface area contributed by atoms with Crippen molar-refractivity contribution < 1.29 is 9.66 Å². The molecule has 0 unspecified atom stereocenters. The number of hydrogen-bond acceptors (Lipinski definition) is 4. The third-order valence-corrected chi connectivity index (χ3v) is 2.92. The van der Waals surface area contributed by atoms with Crippen LogP contribution >= 0.6 is 15.9 Å². The van der Waals surface area contributed by atoms with Crippen molar-refractivity contribution in [2.75, 3.05) is 6.61 Å². The van der Waals surface area contributed by atoms with E-state index in [1.54, 1.807) is 16.9 Å². The minimum atomic E-state index is -0.452. The topological polar surface area (TPSA) is 70.2 Å². The third-order valence-electron chi connectivity index (χ3n) is 2.26. The van der Waals surface area contributed by atoms with Crippen LogP contribution in [0.2, 0.25) is 0 Å². The van der Waals surface area contributed by atoms with Gasteiger partial charge in [-0.15, -0.1) is 0 Å². The van der Waals surface area contributed by atoms with Crippen LogP contribution in [0.1, 0.15) is 0 Å². The Morgan fingerprint density at radius 2 is 2.33 bits per heavy atom. The molecule has 0 bridgehead atoms. The number of hydrogen-bond donors (Lipinski definition) is 0. The van der Waals surface area contributed by atoms with Crippen molar-refractivity contribution in [1.29, 1.82) is 0 Å². The van der Waals surface area contributed by atoms with E-state index >= 15 is 0 Å². The molecule has 0 fully saturated rings. The van der Waals surface area contributed by atoms with Crippen LogP contribution < -0.4 is 4.74 Å². The van der Waals surface area contributed by atoms with Crippen LogP contribution in [0, 0.1) is 10.1 Å². The molecule has 94 valence electrons. The highest BCUT2D eigenvalue weighted by Gasteiger charge is 2.10. The highest BCUT2D eigenvalue weighted by Crippen LogP contribution is 2.29. The molecule has 0 atom stereocenters. The van der Waals surface area contributed by atoms with Gasteiger partial charge in [-0.1, -0.05) is 0 Å². The molecule has 18 heavy (non-hydrogen) atoms. The molecule has 2 aromatic rings. The molecule has 0 aliphatic heterocycles. The van der Waals surface area contributed by atoms with Crippen molar-refractivity contribution in [3.63, 3.8) is 0 Å². The van der Waals surface area contributed by atoms with E-state index in [1.807, 2.05) is 12.3 Å². The maximum atomic E-state index is 10.6. The number of nitro groups is 1. The van der Waals surface area contributed by atoms with Gasteiger partial charge in [-0.3, -0.25) is 14.8 Å². The third kappa shape index (κ3) is 3.07. The van der Waals surface area contributed by atoms with Gasteiger partial charge in [-0.2, -0.15) is 5.10 Å². The molecule has 0 N–H and O–H groups in total.